The van der Waals surface area contributed by atoms with Crippen LogP contribution in [0.2, 0.25) is 0 Å². The maximum Gasteiger partial charge on any atom is 0.303 e. The van der Waals surface area contributed by atoms with Crippen LogP contribution in [0.25, 0.3) is 0 Å². The zero-order valence-corrected chi connectivity index (χ0v) is 15.3. The molecular weight excluding hydrogens is 304 g/mol. The third-order valence-electron chi connectivity index (χ3n) is 4.05. The number of rotatable bonds is 17. The van der Waals surface area contributed by atoms with Crippen LogP contribution in [0.3, 0.4) is 0 Å². The summed E-state index contributed by atoms with van der Waals surface area (Å²) in [5.41, 5.74) is 0. The van der Waals surface area contributed by atoms with E-state index in [2.05, 4.69) is 36.1 Å². The van der Waals surface area contributed by atoms with Gasteiger partial charge in [-0.05, 0) is 44.9 Å². The van der Waals surface area contributed by atoms with E-state index in [0.29, 0.717) is 6.42 Å². The van der Waals surface area contributed by atoms with E-state index < -0.39 is 5.97 Å². The molecule has 0 bridgehead atoms. The molecule has 4 heteroatoms. The number of aliphatic carboxylic acids is 1. The van der Waals surface area contributed by atoms with Gasteiger partial charge in [-0.3, -0.25) is 10.1 Å². The molecule has 1 unspecified atom stereocenters. The van der Waals surface area contributed by atoms with Crippen LogP contribution in [-0.4, -0.2) is 22.4 Å². The first-order valence-electron chi connectivity index (χ1n) is 9.52. The maximum atomic E-state index is 10.4. The maximum absolute atomic E-state index is 10.4. The SMILES string of the molecule is CCCCCC(CCC=CCC=CCCCCCCC(=O)O)OO. The van der Waals surface area contributed by atoms with Crippen LogP contribution in [0.1, 0.15) is 90.4 Å². The summed E-state index contributed by atoms with van der Waals surface area (Å²) in [6, 6.07) is 0. The van der Waals surface area contributed by atoms with Crippen LogP contribution >= 0.6 is 0 Å². The number of allylic oxidation sites excluding steroid dienone is 4. The Labute approximate surface area is 147 Å². The second-order valence-electron chi connectivity index (χ2n) is 6.33. The molecule has 140 valence electrons. The van der Waals surface area contributed by atoms with Gasteiger partial charge in [0.25, 0.3) is 0 Å². The summed E-state index contributed by atoms with van der Waals surface area (Å²) < 4.78 is 0. The Bertz CT molecular complexity index is 337. The van der Waals surface area contributed by atoms with Crippen LogP contribution in [0, 0.1) is 0 Å². The highest BCUT2D eigenvalue weighted by molar-refractivity contribution is 5.66. The number of unbranched alkanes of at least 4 members (excludes halogenated alkanes) is 6. The van der Waals surface area contributed by atoms with Gasteiger partial charge in [-0.1, -0.05) is 63.3 Å². The summed E-state index contributed by atoms with van der Waals surface area (Å²) in [6.07, 6.45) is 21.2. The first-order chi connectivity index (χ1) is 11.7. The number of hydrogen-bond donors (Lipinski definition) is 2. The normalized spacial score (nSPS) is 13.1. The van der Waals surface area contributed by atoms with Gasteiger partial charge in [0.05, 0.1) is 6.10 Å². The molecule has 0 aliphatic heterocycles. The third kappa shape index (κ3) is 17.2. The monoisotopic (exact) mass is 340 g/mol. The minimum atomic E-state index is -0.695. The summed E-state index contributed by atoms with van der Waals surface area (Å²) in [6.45, 7) is 2.17. The molecule has 0 rings (SSSR count). The highest BCUT2D eigenvalue weighted by Gasteiger charge is 2.06. The average molecular weight is 341 g/mol. The predicted octanol–water partition coefficient (Wildman–Crippen LogP) is 6.13. The molecule has 0 aromatic rings. The first-order valence-corrected chi connectivity index (χ1v) is 9.52. The summed E-state index contributed by atoms with van der Waals surface area (Å²) in [4.78, 5) is 14.9. The fraction of sp³-hybridized carbons (Fsp3) is 0.750. The minimum Gasteiger partial charge on any atom is -0.481 e. The summed E-state index contributed by atoms with van der Waals surface area (Å²) in [7, 11) is 0. The summed E-state index contributed by atoms with van der Waals surface area (Å²) in [5.74, 6) is -0.695. The molecule has 0 aromatic heterocycles. The molecule has 0 aromatic carbocycles. The standard InChI is InChI=1S/C20H36O4/c1-2-3-13-16-19(24-23)17-14-11-9-7-5-4-6-8-10-12-15-18-20(21)22/h4-5,9,11,19,23H,2-3,6-8,10,12-18H2,1H3,(H,21,22). The largest absolute Gasteiger partial charge is 0.481 e. The molecule has 24 heavy (non-hydrogen) atoms. The van der Waals surface area contributed by atoms with Crippen molar-refractivity contribution in [2.75, 3.05) is 0 Å². The van der Waals surface area contributed by atoms with Crippen molar-refractivity contribution in [1.29, 1.82) is 0 Å². The van der Waals surface area contributed by atoms with Gasteiger partial charge < -0.3 is 5.11 Å². The lowest BCUT2D eigenvalue weighted by Gasteiger charge is -2.11. The zero-order valence-electron chi connectivity index (χ0n) is 15.3. The van der Waals surface area contributed by atoms with Gasteiger partial charge >= 0.3 is 5.97 Å². The number of carboxylic acids is 1. The highest BCUT2D eigenvalue weighted by Crippen LogP contribution is 2.12. The molecule has 0 aliphatic rings. The molecule has 0 spiro atoms. The van der Waals surface area contributed by atoms with Gasteiger partial charge in [0.1, 0.15) is 0 Å². The second-order valence-corrected chi connectivity index (χ2v) is 6.33. The lowest BCUT2D eigenvalue weighted by molar-refractivity contribution is -0.281. The van der Waals surface area contributed by atoms with E-state index in [-0.39, 0.29) is 6.10 Å². The highest BCUT2D eigenvalue weighted by atomic mass is 17.1. The van der Waals surface area contributed by atoms with Crippen LogP contribution in [0.4, 0.5) is 0 Å². The van der Waals surface area contributed by atoms with E-state index in [9.17, 15) is 4.79 Å². The van der Waals surface area contributed by atoms with E-state index in [4.69, 9.17) is 10.4 Å². The van der Waals surface area contributed by atoms with E-state index in [1.54, 1.807) is 0 Å². The van der Waals surface area contributed by atoms with Gasteiger partial charge in [0.15, 0.2) is 0 Å². The molecule has 1 atom stereocenters. The van der Waals surface area contributed by atoms with Gasteiger partial charge in [0.2, 0.25) is 0 Å². The van der Waals surface area contributed by atoms with Crippen LogP contribution in [-0.2, 0) is 9.68 Å². The summed E-state index contributed by atoms with van der Waals surface area (Å²) in [5, 5.41) is 17.4. The average Bonchev–Trinajstić information content (AvgIpc) is 2.57. The zero-order chi connectivity index (χ0) is 17.9. The van der Waals surface area contributed by atoms with E-state index in [0.717, 1.165) is 64.2 Å². The fourth-order valence-corrected chi connectivity index (χ4v) is 2.55. The molecule has 0 amide bonds. The Morgan fingerprint density at radius 1 is 0.917 bits per heavy atom. The molecule has 4 nitrogen and oxygen atoms in total. The molecule has 0 aliphatic carbocycles. The molecule has 0 heterocycles. The van der Waals surface area contributed by atoms with Crippen molar-refractivity contribution in [3.05, 3.63) is 24.3 Å². The van der Waals surface area contributed by atoms with Gasteiger partial charge in [-0.25, -0.2) is 4.89 Å². The minimum absolute atomic E-state index is 0.0298. The Morgan fingerprint density at radius 3 is 2.29 bits per heavy atom. The van der Waals surface area contributed by atoms with Crippen molar-refractivity contribution in [1.82, 2.24) is 0 Å². The lowest BCUT2D eigenvalue weighted by Crippen LogP contribution is -2.10. The number of carbonyl (C=O) groups is 1. The van der Waals surface area contributed by atoms with Gasteiger partial charge in [-0.2, -0.15) is 0 Å². The van der Waals surface area contributed by atoms with Crippen molar-refractivity contribution < 1.29 is 20.0 Å². The Balaban J connectivity index is 3.45. The van der Waals surface area contributed by atoms with Gasteiger partial charge in [-0.15, -0.1) is 0 Å². The van der Waals surface area contributed by atoms with Crippen LogP contribution < -0.4 is 0 Å². The Kier molecular flexibility index (Phi) is 17.4. The predicted molar refractivity (Wildman–Crippen MR) is 99.1 cm³/mol. The van der Waals surface area contributed by atoms with E-state index >= 15 is 0 Å². The molecule has 0 saturated carbocycles. The summed E-state index contributed by atoms with van der Waals surface area (Å²) >= 11 is 0. The molecule has 0 radical (unpaired) electrons. The fourth-order valence-electron chi connectivity index (χ4n) is 2.55. The molecular formula is C20H36O4. The second kappa shape index (κ2) is 18.2. The van der Waals surface area contributed by atoms with E-state index in [1.165, 1.54) is 12.8 Å². The van der Waals surface area contributed by atoms with Crippen LogP contribution in [0.5, 0.6) is 0 Å². The molecule has 0 fully saturated rings. The van der Waals surface area contributed by atoms with Crippen molar-refractivity contribution in [2.45, 2.75) is 96.5 Å². The Hall–Kier alpha value is -1.13. The van der Waals surface area contributed by atoms with Crippen molar-refractivity contribution in [3.8, 4) is 0 Å². The smallest absolute Gasteiger partial charge is 0.303 e. The number of carboxylic acid groups (broad SMARTS) is 1. The van der Waals surface area contributed by atoms with Crippen molar-refractivity contribution in [3.63, 3.8) is 0 Å². The lowest BCUT2D eigenvalue weighted by atomic mass is 10.1. The van der Waals surface area contributed by atoms with Crippen LogP contribution in [0.15, 0.2) is 24.3 Å². The van der Waals surface area contributed by atoms with Gasteiger partial charge in [0, 0.05) is 6.42 Å². The third-order valence-corrected chi connectivity index (χ3v) is 4.05. The van der Waals surface area contributed by atoms with Crippen molar-refractivity contribution >= 4 is 5.97 Å². The van der Waals surface area contributed by atoms with E-state index in [1.807, 2.05) is 0 Å². The first kappa shape index (κ1) is 22.9. The quantitative estimate of drug-likeness (QED) is 0.145. The van der Waals surface area contributed by atoms with Crippen molar-refractivity contribution in [2.24, 2.45) is 0 Å². The molecule has 2 N–H and O–H groups in total. The topological polar surface area (TPSA) is 66.8 Å². The Morgan fingerprint density at radius 2 is 1.62 bits per heavy atom. The number of hydrogen-bond acceptors (Lipinski definition) is 3. The molecule has 0 saturated heterocycles.